The van der Waals surface area contributed by atoms with Gasteiger partial charge in [0.25, 0.3) is 0 Å². The fraction of sp³-hybridized carbons (Fsp3) is 0.632. The summed E-state index contributed by atoms with van der Waals surface area (Å²) in [5.41, 5.74) is 3.89. The number of carboxylic acid groups (broad SMARTS) is 1. The molecule has 1 fully saturated rings. The molecule has 2 aliphatic rings. The molecule has 1 aliphatic heterocycles. The fourth-order valence-electron chi connectivity index (χ4n) is 3.48. The van der Waals surface area contributed by atoms with Crippen LogP contribution in [0.5, 0.6) is 0 Å². The number of alkyl halides is 3. The summed E-state index contributed by atoms with van der Waals surface area (Å²) in [7, 11) is 1.79. The third kappa shape index (κ3) is 5.79. The number of ether oxygens (including phenoxy) is 1. The lowest BCUT2D eigenvalue weighted by Crippen LogP contribution is -2.38. The Bertz CT molecular complexity index is 864. The van der Waals surface area contributed by atoms with Crippen molar-refractivity contribution in [2.24, 2.45) is 5.92 Å². The molecule has 0 radical (unpaired) electrons. The Morgan fingerprint density at radius 1 is 1.40 bits per heavy atom. The molecule has 30 heavy (non-hydrogen) atoms. The van der Waals surface area contributed by atoms with Gasteiger partial charge in [0.2, 0.25) is 0 Å². The number of carbonyl (C=O) groups is 1. The molecule has 2 aromatic heterocycles. The predicted octanol–water partition coefficient (Wildman–Crippen LogP) is 3.44. The van der Waals surface area contributed by atoms with Gasteiger partial charge in [-0.25, -0.2) is 9.78 Å². The van der Waals surface area contributed by atoms with Gasteiger partial charge >= 0.3 is 12.1 Å². The van der Waals surface area contributed by atoms with Crippen LogP contribution in [-0.4, -0.2) is 57.2 Å². The molecule has 4 rings (SSSR count). The second-order valence-electron chi connectivity index (χ2n) is 7.56. The van der Waals surface area contributed by atoms with Crippen molar-refractivity contribution in [2.75, 3.05) is 20.3 Å². The smallest absolute Gasteiger partial charge is 0.475 e. The monoisotopic (exact) mass is 446 g/mol. The zero-order valence-corrected chi connectivity index (χ0v) is 17.7. The second-order valence-corrected chi connectivity index (χ2v) is 8.50. The van der Waals surface area contributed by atoms with E-state index >= 15 is 0 Å². The number of aryl methyl sites for hydroxylation is 1. The van der Waals surface area contributed by atoms with Crippen molar-refractivity contribution in [2.45, 2.75) is 51.5 Å². The molecule has 1 unspecified atom stereocenters. The number of rotatable bonds is 6. The highest BCUT2D eigenvalue weighted by Gasteiger charge is 2.38. The fourth-order valence-corrected chi connectivity index (χ4v) is 4.27. The summed E-state index contributed by atoms with van der Waals surface area (Å²) in [6.45, 7) is 5.80. The molecule has 2 aromatic rings. The third-order valence-corrected chi connectivity index (χ3v) is 6.04. The van der Waals surface area contributed by atoms with Crippen LogP contribution < -0.4 is 0 Å². The van der Waals surface area contributed by atoms with Gasteiger partial charge in [0.1, 0.15) is 5.01 Å². The zero-order valence-electron chi connectivity index (χ0n) is 16.9. The maximum Gasteiger partial charge on any atom is 0.490 e. The molecule has 0 aromatic carbocycles. The molecule has 0 bridgehead atoms. The van der Waals surface area contributed by atoms with E-state index in [4.69, 9.17) is 14.6 Å². The van der Waals surface area contributed by atoms with Crippen LogP contribution in [0.4, 0.5) is 13.2 Å². The van der Waals surface area contributed by atoms with Gasteiger partial charge in [-0.1, -0.05) is 0 Å². The van der Waals surface area contributed by atoms with E-state index in [0.717, 1.165) is 37.7 Å². The second kappa shape index (κ2) is 9.44. The molecule has 11 heteroatoms. The van der Waals surface area contributed by atoms with Gasteiger partial charge < -0.3 is 9.84 Å². The summed E-state index contributed by atoms with van der Waals surface area (Å²) in [5.74, 6) is -1.92. The number of aromatic nitrogens is 3. The average Bonchev–Trinajstić information content (AvgIpc) is 3.25. The topological polar surface area (TPSA) is 80.5 Å². The highest BCUT2D eigenvalue weighted by molar-refractivity contribution is 7.09. The Kier molecular flexibility index (Phi) is 7.14. The van der Waals surface area contributed by atoms with Gasteiger partial charge in [0.15, 0.2) is 0 Å². The molecule has 1 saturated carbocycles. The number of halogens is 3. The van der Waals surface area contributed by atoms with Crippen LogP contribution in [0.2, 0.25) is 0 Å². The van der Waals surface area contributed by atoms with Crippen molar-refractivity contribution >= 4 is 17.3 Å². The summed E-state index contributed by atoms with van der Waals surface area (Å²) >= 11 is 1.76. The number of methoxy groups -OCH3 is 1. The predicted molar refractivity (Wildman–Crippen MR) is 104 cm³/mol. The number of aliphatic carboxylic acids is 1. The van der Waals surface area contributed by atoms with Crippen LogP contribution in [0.25, 0.3) is 0 Å². The number of thiazole rings is 1. The van der Waals surface area contributed by atoms with E-state index in [9.17, 15) is 13.2 Å². The largest absolute Gasteiger partial charge is 0.490 e. The summed E-state index contributed by atoms with van der Waals surface area (Å²) < 4.78 is 39.5. The van der Waals surface area contributed by atoms with E-state index in [1.165, 1.54) is 29.1 Å². The van der Waals surface area contributed by atoms with Crippen molar-refractivity contribution in [1.82, 2.24) is 19.7 Å². The number of hydrogen-bond donors (Lipinski definition) is 1. The number of fused-ring (bicyclic) bond motifs is 1. The summed E-state index contributed by atoms with van der Waals surface area (Å²) in [5, 5.41) is 15.1. The lowest BCUT2D eigenvalue weighted by atomic mass is 10.00. The molecular formula is C19H25F3N4O3S. The Morgan fingerprint density at radius 2 is 2.10 bits per heavy atom. The normalized spacial score (nSPS) is 19.2. The quantitative estimate of drug-likeness (QED) is 0.732. The van der Waals surface area contributed by atoms with Crippen molar-refractivity contribution < 1.29 is 27.8 Å². The molecule has 0 saturated heterocycles. The van der Waals surface area contributed by atoms with Gasteiger partial charge in [0, 0.05) is 31.3 Å². The van der Waals surface area contributed by atoms with E-state index in [0.29, 0.717) is 6.61 Å². The Hall–Kier alpha value is -1.98. The maximum absolute atomic E-state index is 10.6. The molecule has 0 spiro atoms. The van der Waals surface area contributed by atoms with E-state index in [2.05, 4.69) is 38.2 Å². The molecular weight excluding hydrogens is 421 g/mol. The Balaban J connectivity index is 0.000000318. The van der Waals surface area contributed by atoms with Crippen LogP contribution in [0.3, 0.4) is 0 Å². The van der Waals surface area contributed by atoms with Crippen LogP contribution >= 0.6 is 11.3 Å². The van der Waals surface area contributed by atoms with Gasteiger partial charge in [0.05, 0.1) is 31.1 Å². The first-order chi connectivity index (χ1) is 14.2. The first-order valence-electron chi connectivity index (χ1n) is 9.67. The minimum Gasteiger partial charge on any atom is -0.475 e. The highest BCUT2D eigenvalue weighted by Crippen LogP contribution is 2.35. The van der Waals surface area contributed by atoms with Crippen LogP contribution in [0.1, 0.15) is 40.8 Å². The summed E-state index contributed by atoms with van der Waals surface area (Å²) in [6, 6.07) is 0.286. The van der Waals surface area contributed by atoms with Gasteiger partial charge in [-0.05, 0) is 37.7 Å². The number of nitrogens with zero attached hydrogens (tertiary/aromatic N) is 4. The van der Waals surface area contributed by atoms with Gasteiger partial charge in [-0.3, -0.25) is 9.58 Å². The van der Waals surface area contributed by atoms with E-state index in [1.54, 1.807) is 18.4 Å². The average molecular weight is 446 g/mol. The van der Waals surface area contributed by atoms with Crippen molar-refractivity contribution in [3.05, 3.63) is 33.5 Å². The summed E-state index contributed by atoms with van der Waals surface area (Å²) in [4.78, 5) is 16.0. The van der Waals surface area contributed by atoms with Crippen LogP contribution in [-0.2, 0) is 29.0 Å². The zero-order chi connectivity index (χ0) is 21.9. The molecule has 1 aliphatic carbocycles. The van der Waals surface area contributed by atoms with E-state index in [1.807, 2.05) is 0 Å². The van der Waals surface area contributed by atoms with Crippen molar-refractivity contribution in [3.8, 4) is 0 Å². The van der Waals surface area contributed by atoms with Crippen LogP contribution in [0.15, 0.2) is 11.6 Å². The number of carboxylic acids is 1. The lowest BCUT2D eigenvalue weighted by molar-refractivity contribution is -0.192. The Labute approximate surface area is 176 Å². The molecule has 1 N–H and O–H groups in total. The molecule has 0 amide bonds. The minimum absolute atomic E-state index is 0.286. The third-order valence-electron chi connectivity index (χ3n) is 5.08. The molecule has 3 heterocycles. The van der Waals surface area contributed by atoms with Crippen molar-refractivity contribution in [1.29, 1.82) is 0 Å². The Morgan fingerprint density at radius 3 is 2.63 bits per heavy atom. The summed E-state index contributed by atoms with van der Waals surface area (Å²) in [6.07, 6.45) is 0.771. The number of hydrogen-bond acceptors (Lipinski definition) is 6. The van der Waals surface area contributed by atoms with Gasteiger partial charge in [-0.15, -0.1) is 11.3 Å². The van der Waals surface area contributed by atoms with Crippen LogP contribution in [0, 0.1) is 12.8 Å². The van der Waals surface area contributed by atoms with E-state index in [-0.39, 0.29) is 6.04 Å². The molecule has 166 valence electrons. The van der Waals surface area contributed by atoms with Crippen molar-refractivity contribution in [3.63, 3.8) is 0 Å². The maximum atomic E-state index is 10.6. The SMILES string of the molecule is COCC1c2c(cnn2CC2CC2)CCN1Cc1nc(C)cs1.O=C(O)C(F)(F)F. The lowest BCUT2D eigenvalue weighted by Gasteiger charge is -2.35. The molecule has 7 nitrogen and oxygen atoms in total. The minimum atomic E-state index is -5.08. The highest BCUT2D eigenvalue weighted by atomic mass is 32.1. The first kappa shape index (κ1) is 22.7. The standard InChI is InChI=1S/C17H24N4OS.C2HF3O2/c1-12-11-23-16(19-12)9-20-6-5-14-7-18-21(8-13-3-4-13)17(14)15(20)10-22-2;3-2(4,5)1(6)7/h7,11,13,15H,3-6,8-10H2,1-2H3;(H,6,7). The van der Waals surface area contributed by atoms with E-state index < -0.39 is 12.1 Å². The molecule has 1 atom stereocenters. The first-order valence-corrected chi connectivity index (χ1v) is 10.6. The van der Waals surface area contributed by atoms with Gasteiger partial charge in [-0.2, -0.15) is 18.3 Å².